The Morgan fingerprint density at radius 1 is 0.703 bits per heavy atom. The summed E-state index contributed by atoms with van der Waals surface area (Å²) in [6, 6.07) is 0. The summed E-state index contributed by atoms with van der Waals surface area (Å²) < 4.78 is 0. The quantitative estimate of drug-likeness (QED) is 0.165. The van der Waals surface area contributed by atoms with Gasteiger partial charge >= 0.3 is 0 Å². The molecule has 8 heteroatoms. The van der Waals surface area contributed by atoms with Crippen molar-refractivity contribution in [3.63, 3.8) is 0 Å². The van der Waals surface area contributed by atoms with Crippen molar-refractivity contribution in [2.75, 3.05) is 26.4 Å². The predicted octanol–water partition coefficient (Wildman–Crippen LogP) is 3.49. The summed E-state index contributed by atoms with van der Waals surface area (Å²) in [7, 11) is 0. The van der Waals surface area contributed by atoms with E-state index in [9.17, 15) is 10.2 Å². The second kappa shape index (κ2) is 23.6. The van der Waals surface area contributed by atoms with Gasteiger partial charge in [-0.2, -0.15) is 0 Å². The Kier molecular flexibility index (Phi) is 27.8. The maximum absolute atomic E-state index is 9.49. The molecule has 0 aromatic carbocycles. The number of aliphatic hydroxyl groups excluding tert-OH is 7. The molecule has 0 aliphatic carbocycles. The fraction of sp³-hybridized carbons (Fsp3) is 1.00. The molecule has 37 heavy (non-hydrogen) atoms. The zero-order valence-corrected chi connectivity index (χ0v) is 26.0. The third-order valence-electron chi connectivity index (χ3n) is 6.69. The normalized spacial score (nSPS) is 15.2. The van der Waals surface area contributed by atoms with Gasteiger partial charge in [-0.05, 0) is 52.4 Å². The van der Waals surface area contributed by atoms with E-state index in [1.165, 1.54) is 0 Å². The largest absolute Gasteiger partial charge is 0.396 e. The molecule has 4 unspecified atom stereocenters. The Morgan fingerprint density at radius 2 is 1.14 bits per heavy atom. The second-order valence-corrected chi connectivity index (χ2v) is 11.9. The first-order valence-electron chi connectivity index (χ1n) is 14.0. The predicted molar refractivity (Wildman–Crippen MR) is 153 cm³/mol. The van der Waals surface area contributed by atoms with Gasteiger partial charge in [-0.1, -0.05) is 61.8 Å². The van der Waals surface area contributed by atoms with Crippen LogP contribution in [-0.4, -0.2) is 91.2 Å². The maximum atomic E-state index is 9.49. The summed E-state index contributed by atoms with van der Waals surface area (Å²) in [6.45, 7) is 21.0. The van der Waals surface area contributed by atoms with E-state index in [1.807, 2.05) is 55.4 Å². The molecule has 0 aromatic heterocycles. The molecule has 0 rings (SSSR count). The molecule has 0 heterocycles. The number of aliphatic hydroxyl groups is 8. The lowest BCUT2D eigenvalue weighted by atomic mass is 9.82. The van der Waals surface area contributed by atoms with Gasteiger partial charge in [-0.15, -0.1) is 0 Å². The zero-order chi connectivity index (χ0) is 30.5. The summed E-state index contributed by atoms with van der Waals surface area (Å²) in [5, 5.41) is 71.8. The first-order chi connectivity index (χ1) is 16.8. The molecule has 0 aliphatic rings. The molecular weight excluding hydrogens is 476 g/mol. The molecule has 0 aliphatic heterocycles. The van der Waals surface area contributed by atoms with E-state index < -0.39 is 17.8 Å². The molecule has 0 radical (unpaired) electrons. The summed E-state index contributed by atoms with van der Waals surface area (Å²) >= 11 is 0. The summed E-state index contributed by atoms with van der Waals surface area (Å²) in [5.41, 5.74) is -1.32. The van der Waals surface area contributed by atoms with Gasteiger partial charge < -0.3 is 40.9 Å². The minimum absolute atomic E-state index is 0.0341. The minimum Gasteiger partial charge on any atom is -0.396 e. The lowest BCUT2D eigenvalue weighted by molar-refractivity contribution is -0.0204. The Balaban J connectivity index is -0.000000197. The smallest absolute Gasteiger partial charge is 0.0635 e. The van der Waals surface area contributed by atoms with Crippen molar-refractivity contribution < 1.29 is 40.9 Å². The van der Waals surface area contributed by atoms with E-state index in [0.29, 0.717) is 6.42 Å². The van der Waals surface area contributed by atoms with Crippen LogP contribution < -0.4 is 0 Å². The highest BCUT2D eigenvalue weighted by atomic mass is 16.3. The van der Waals surface area contributed by atoms with E-state index in [1.54, 1.807) is 20.8 Å². The molecule has 0 bridgehead atoms. The van der Waals surface area contributed by atoms with Crippen molar-refractivity contribution >= 4 is 0 Å². The fourth-order valence-corrected chi connectivity index (χ4v) is 3.52. The van der Waals surface area contributed by atoms with Gasteiger partial charge in [-0.3, -0.25) is 0 Å². The molecule has 0 aromatic rings. The van der Waals surface area contributed by atoms with Crippen molar-refractivity contribution in [2.45, 2.75) is 139 Å². The van der Waals surface area contributed by atoms with Crippen LogP contribution in [0.2, 0.25) is 0 Å². The van der Waals surface area contributed by atoms with Crippen LogP contribution in [0.5, 0.6) is 0 Å². The van der Waals surface area contributed by atoms with Gasteiger partial charge in [0.1, 0.15) is 0 Å². The Bertz CT molecular complexity index is 450. The number of rotatable bonds is 14. The van der Waals surface area contributed by atoms with E-state index in [2.05, 4.69) is 0 Å². The third-order valence-corrected chi connectivity index (χ3v) is 6.69. The lowest BCUT2D eigenvalue weighted by Crippen LogP contribution is -2.36. The molecule has 230 valence electrons. The molecule has 0 amide bonds. The van der Waals surface area contributed by atoms with Crippen molar-refractivity contribution in [1.82, 2.24) is 0 Å². The van der Waals surface area contributed by atoms with Crippen molar-refractivity contribution in [3.8, 4) is 0 Å². The third kappa shape index (κ3) is 24.5. The summed E-state index contributed by atoms with van der Waals surface area (Å²) in [5.74, 6) is 0.294. The first kappa shape index (κ1) is 43.7. The van der Waals surface area contributed by atoms with E-state index >= 15 is 0 Å². The average Bonchev–Trinajstić information content (AvgIpc) is 2.81. The van der Waals surface area contributed by atoms with Crippen LogP contribution >= 0.6 is 0 Å². The average molecular weight is 543 g/mol. The SMILES string of the molecule is CC(C)C(O)C(C)(C)CO.CC(O)CC(C)(C)O.CCC(CC)(CO)CO.CCCC(O)C(CC)CO. The highest BCUT2D eigenvalue weighted by molar-refractivity contribution is 4.78. The van der Waals surface area contributed by atoms with Gasteiger partial charge in [-0.25, -0.2) is 0 Å². The van der Waals surface area contributed by atoms with Crippen LogP contribution in [0.3, 0.4) is 0 Å². The summed E-state index contributed by atoms with van der Waals surface area (Å²) in [6.07, 6.45) is 3.64. The molecule has 0 saturated heterocycles. The van der Waals surface area contributed by atoms with Crippen molar-refractivity contribution in [1.29, 1.82) is 0 Å². The Labute approximate surface area is 228 Å². The van der Waals surface area contributed by atoms with Crippen molar-refractivity contribution in [2.24, 2.45) is 22.7 Å². The fourth-order valence-electron chi connectivity index (χ4n) is 3.52. The van der Waals surface area contributed by atoms with Crippen LogP contribution in [0.4, 0.5) is 0 Å². The molecule has 4 atom stereocenters. The molecule has 0 spiro atoms. The molecule has 8 N–H and O–H groups in total. The zero-order valence-electron chi connectivity index (χ0n) is 26.0. The van der Waals surface area contributed by atoms with Crippen LogP contribution in [0.1, 0.15) is 115 Å². The lowest BCUT2D eigenvalue weighted by Gasteiger charge is -2.30. The van der Waals surface area contributed by atoms with Gasteiger partial charge in [0.25, 0.3) is 0 Å². The van der Waals surface area contributed by atoms with Gasteiger partial charge in [0, 0.05) is 29.8 Å². The number of hydrogen-bond acceptors (Lipinski definition) is 8. The topological polar surface area (TPSA) is 162 Å². The van der Waals surface area contributed by atoms with Crippen LogP contribution in [-0.2, 0) is 0 Å². The van der Waals surface area contributed by atoms with Crippen LogP contribution in [0.15, 0.2) is 0 Å². The summed E-state index contributed by atoms with van der Waals surface area (Å²) in [4.78, 5) is 0. The monoisotopic (exact) mass is 542 g/mol. The van der Waals surface area contributed by atoms with Crippen LogP contribution in [0, 0.1) is 22.7 Å². The Hall–Kier alpha value is -0.320. The van der Waals surface area contributed by atoms with Crippen LogP contribution in [0.25, 0.3) is 0 Å². The standard InChI is InChI=1S/2C8H18O2.C7H16O2.C6H14O2/c1-6(2)7(10)8(3,4)5-9;1-3-5-8(10)7(4-2)6-9;1-3-7(4-2,5-8)6-9;1-5(7)4-6(2,3)8/h6-7,9-10H,5H2,1-4H3;7-10H,3-6H2,1-2H3;8-9H,3-6H2,1-2H3;5,7-8H,4H2,1-3H3. The van der Waals surface area contributed by atoms with Gasteiger partial charge in [0.15, 0.2) is 0 Å². The molecule has 0 fully saturated rings. The first-order valence-corrected chi connectivity index (χ1v) is 14.0. The molecule has 0 saturated carbocycles. The van der Waals surface area contributed by atoms with E-state index in [4.69, 9.17) is 30.6 Å². The Morgan fingerprint density at radius 3 is 1.24 bits per heavy atom. The number of hydrogen-bond donors (Lipinski definition) is 8. The molecular formula is C29H66O8. The van der Waals surface area contributed by atoms with Crippen molar-refractivity contribution in [3.05, 3.63) is 0 Å². The van der Waals surface area contributed by atoms with E-state index in [-0.39, 0.29) is 55.2 Å². The van der Waals surface area contributed by atoms with Gasteiger partial charge in [0.05, 0.1) is 43.7 Å². The second-order valence-electron chi connectivity index (χ2n) is 11.9. The minimum atomic E-state index is -0.728. The maximum Gasteiger partial charge on any atom is 0.0635 e. The van der Waals surface area contributed by atoms with Gasteiger partial charge in [0.2, 0.25) is 0 Å². The van der Waals surface area contributed by atoms with E-state index in [0.717, 1.165) is 32.1 Å². The highest BCUT2D eigenvalue weighted by Crippen LogP contribution is 2.25. The molecule has 8 nitrogen and oxygen atoms in total. The highest BCUT2D eigenvalue weighted by Gasteiger charge is 2.29.